The van der Waals surface area contributed by atoms with Crippen molar-refractivity contribution in [2.75, 3.05) is 6.61 Å². The number of benzene rings is 2. The summed E-state index contributed by atoms with van der Waals surface area (Å²) in [5.41, 5.74) is 0.391. The van der Waals surface area contributed by atoms with Crippen molar-refractivity contribution in [3.8, 4) is 5.75 Å². The summed E-state index contributed by atoms with van der Waals surface area (Å²) in [7, 11) is 0. The molecule has 0 bridgehead atoms. The number of carbonyl (C=O) groups is 1. The zero-order valence-corrected chi connectivity index (χ0v) is 15.5. The van der Waals surface area contributed by atoms with E-state index >= 15 is 0 Å². The number of fused-ring (bicyclic) bond motifs is 1. The first kappa shape index (κ1) is 18.9. The van der Waals surface area contributed by atoms with Crippen molar-refractivity contribution in [2.24, 2.45) is 5.92 Å². The molecule has 1 unspecified atom stereocenters. The maximum absolute atomic E-state index is 12.8. The SMILES string of the molecule is CC1(c2ccc3cc(OC4CCC(C(F)(F)F)CC4)ccc3c2)COC(=O)N1. The van der Waals surface area contributed by atoms with Gasteiger partial charge >= 0.3 is 12.3 Å². The topological polar surface area (TPSA) is 47.6 Å². The van der Waals surface area contributed by atoms with Gasteiger partial charge in [0.05, 0.1) is 17.6 Å². The summed E-state index contributed by atoms with van der Waals surface area (Å²) in [4.78, 5) is 11.4. The lowest BCUT2D eigenvalue weighted by atomic mass is 9.87. The van der Waals surface area contributed by atoms with Crippen LogP contribution in [0, 0.1) is 5.92 Å². The smallest absolute Gasteiger partial charge is 0.408 e. The fourth-order valence-corrected chi connectivity index (χ4v) is 4.00. The van der Waals surface area contributed by atoms with E-state index in [4.69, 9.17) is 9.47 Å². The molecule has 1 saturated heterocycles. The number of halogens is 3. The Morgan fingerprint density at radius 2 is 1.75 bits per heavy atom. The number of hydrogen-bond acceptors (Lipinski definition) is 3. The van der Waals surface area contributed by atoms with E-state index in [2.05, 4.69) is 5.32 Å². The van der Waals surface area contributed by atoms with Crippen LogP contribution in [0.4, 0.5) is 18.0 Å². The molecule has 1 aliphatic heterocycles. The van der Waals surface area contributed by atoms with Gasteiger partial charge in [-0.25, -0.2) is 4.79 Å². The number of alkyl halides is 3. The van der Waals surface area contributed by atoms with Crippen LogP contribution in [0.5, 0.6) is 5.75 Å². The van der Waals surface area contributed by atoms with Crippen molar-refractivity contribution in [3.05, 3.63) is 42.0 Å². The highest BCUT2D eigenvalue weighted by Crippen LogP contribution is 2.39. The van der Waals surface area contributed by atoms with Gasteiger partial charge in [0.1, 0.15) is 12.4 Å². The first-order valence-corrected chi connectivity index (χ1v) is 9.45. The van der Waals surface area contributed by atoms with Gasteiger partial charge < -0.3 is 14.8 Å². The van der Waals surface area contributed by atoms with E-state index in [1.165, 1.54) is 0 Å². The second-order valence-electron chi connectivity index (χ2n) is 7.89. The molecule has 0 spiro atoms. The Morgan fingerprint density at radius 1 is 1.07 bits per heavy atom. The zero-order chi connectivity index (χ0) is 19.9. The van der Waals surface area contributed by atoms with E-state index in [0.29, 0.717) is 18.6 Å². The fraction of sp³-hybridized carbons (Fsp3) is 0.476. The molecule has 4 nitrogen and oxygen atoms in total. The fourth-order valence-electron chi connectivity index (χ4n) is 4.00. The molecule has 2 aliphatic rings. The Labute approximate surface area is 161 Å². The van der Waals surface area contributed by atoms with Crippen molar-refractivity contribution in [2.45, 2.75) is 50.4 Å². The quantitative estimate of drug-likeness (QED) is 0.770. The Balaban J connectivity index is 1.46. The van der Waals surface area contributed by atoms with Crippen LogP contribution in [-0.2, 0) is 10.3 Å². The molecule has 28 heavy (non-hydrogen) atoms. The van der Waals surface area contributed by atoms with E-state index < -0.39 is 23.7 Å². The molecule has 7 heteroatoms. The van der Waals surface area contributed by atoms with E-state index in [1.807, 2.05) is 43.3 Å². The molecule has 150 valence electrons. The van der Waals surface area contributed by atoms with Crippen molar-refractivity contribution < 1.29 is 27.4 Å². The minimum atomic E-state index is -4.11. The van der Waals surface area contributed by atoms with E-state index in [0.717, 1.165) is 16.3 Å². The molecular weight excluding hydrogens is 371 g/mol. The van der Waals surface area contributed by atoms with Gasteiger partial charge in [0.25, 0.3) is 0 Å². The van der Waals surface area contributed by atoms with E-state index in [-0.39, 0.29) is 25.6 Å². The molecule has 0 radical (unpaired) electrons. The summed E-state index contributed by atoms with van der Waals surface area (Å²) >= 11 is 0. The molecule has 1 N–H and O–H groups in total. The van der Waals surface area contributed by atoms with Crippen molar-refractivity contribution >= 4 is 16.9 Å². The monoisotopic (exact) mass is 393 g/mol. The molecule has 2 fully saturated rings. The summed E-state index contributed by atoms with van der Waals surface area (Å²) < 4.78 is 49.3. The van der Waals surface area contributed by atoms with Gasteiger partial charge in [-0.3, -0.25) is 0 Å². The van der Waals surface area contributed by atoms with Crippen molar-refractivity contribution in [1.29, 1.82) is 0 Å². The summed E-state index contributed by atoms with van der Waals surface area (Å²) in [5.74, 6) is -0.539. The molecule has 1 heterocycles. The predicted molar refractivity (Wildman–Crippen MR) is 98.2 cm³/mol. The Morgan fingerprint density at radius 3 is 2.39 bits per heavy atom. The van der Waals surface area contributed by atoms with Crippen LogP contribution in [0.15, 0.2) is 36.4 Å². The van der Waals surface area contributed by atoms with Gasteiger partial charge in [0.15, 0.2) is 0 Å². The molecule has 2 aromatic rings. The predicted octanol–water partition coefficient (Wildman–Crippen LogP) is 5.29. The number of hydrogen-bond donors (Lipinski definition) is 1. The lowest BCUT2D eigenvalue weighted by molar-refractivity contribution is -0.185. The number of ether oxygens (including phenoxy) is 2. The highest BCUT2D eigenvalue weighted by Gasteiger charge is 2.41. The maximum Gasteiger partial charge on any atom is 0.408 e. The third kappa shape index (κ3) is 3.75. The maximum atomic E-state index is 12.8. The highest BCUT2D eigenvalue weighted by molar-refractivity contribution is 5.85. The average Bonchev–Trinajstić information content (AvgIpc) is 3.01. The van der Waals surface area contributed by atoms with Crippen LogP contribution in [0.25, 0.3) is 10.8 Å². The first-order valence-electron chi connectivity index (χ1n) is 9.45. The normalized spacial score (nSPS) is 28.1. The van der Waals surface area contributed by atoms with Crippen molar-refractivity contribution in [3.63, 3.8) is 0 Å². The van der Waals surface area contributed by atoms with Crippen LogP contribution >= 0.6 is 0 Å². The molecule has 1 atom stereocenters. The summed E-state index contributed by atoms with van der Waals surface area (Å²) in [6, 6.07) is 11.6. The number of carbonyl (C=O) groups excluding carboxylic acids is 1. The van der Waals surface area contributed by atoms with Crippen LogP contribution in [-0.4, -0.2) is 25.0 Å². The number of alkyl carbamates (subject to hydrolysis) is 1. The Kier molecular flexibility index (Phi) is 4.63. The van der Waals surface area contributed by atoms with Gasteiger partial charge in [-0.15, -0.1) is 0 Å². The zero-order valence-electron chi connectivity index (χ0n) is 15.5. The minimum Gasteiger partial charge on any atom is -0.490 e. The molecular formula is C21H22F3NO3. The van der Waals surface area contributed by atoms with E-state index in [9.17, 15) is 18.0 Å². The second-order valence-corrected chi connectivity index (χ2v) is 7.89. The molecule has 4 rings (SSSR count). The second kappa shape index (κ2) is 6.87. The first-order chi connectivity index (χ1) is 13.2. The lowest BCUT2D eigenvalue weighted by Gasteiger charge is -2.30. The molecule has 1 amide bonds. The summed E-state index contributed by atoms with van der Waals surface area (Å²) in [5, 5.41) is 4.79. The van der Waals surface area contributed by atoms with Gasteiger partial charge in [0, 0.05) is 0 Å². The summed E-state index contributed by atoms with van der Waals surface area (Å²) in [6.45, 7) is 2.19. The molecule has 0 aromatic heterocycles. The van der Waals surface area contributed by atoms with Gasteiger partial charge in [0.2, 0.25) is 0 Å². The standard InChI is InChI=1S/C21H22F3NO3/c1-20(12-27-19(26)25-20)16-4-2-14-11-18(7-3-13(14)10-16)28-17-8-5-15(6-9-17)21(22,23)24/h2-4,7,10-11,15,17H,5-6,8-9,12H2,1H3,(H,25,26). The summed E-state index contributed by atoms with van der Waals surface area (Å²) in [6.07, 6.45) is -3.63. The number of nitrogens with one attached hydrogen (secondary N) is 1. The van der Waals surface area contributed by atoms with Gasteiger partial charge in [-0.05, 0) is 67.1 Å². The third-order valence-corrected chi connectivity index (χ3v) is 5.76. The van der Waals surface area contributed by atoms with Crippen LogP contribution in [0.3, 0.4) is 0 Å². The molecule has 2 aromatic carbocycles. The van der Waals surface area contributed by atoms with Crippen LogP contribution in [0.1, 0.15) is 38.2 Å². The number of rotatable bonds is 3. The Hall–Kier alpha value is -2.44. The Bertz CT molecular complexity index is 890. The molecule has 1 saturated carbocycles. The average molecular weight is 393 g/mol. The third-order valence-electron chi connectivity index (χ3n) is 5.76. The number of cyclic esters (lactones) is 1. The van der Waals surface area contributed by atoms with Crippen LogP contribution < -0.4 is 10.1 Å². The minimum absolute atomic E-state index is 0.123. The van der Waals surface area contributed by atoms with Crippen molar-refractivity contribution in [1.82, 2.24) is 5.32 Å². The van der Waals surface area contributed by atoms with Crippen LogP contribution in [0.2, 0.25) is 0 Å². The molecule has 1 aliphatic carbocycles. The largest absolute Gasteiger partial charge is 0.490 e. The number of amides is 1. The van der Waals surface area contributed by atoms with Gasteiger partial charge in [-0.1, -0.05) is 18.2 Å². The van der Waals surface area contributed by atoms with Gasteiger partial charge in [-0.2, -0.15) is 13.2 Å². The van der Waals surface area contributed by atoms with E-state index in [1.54, 1.807) is 0 Å². The lowest BCUT2D eigenvalue weighted by Crippen LogP contribution is -2.37. The highest BCUT2D eigenvalue weighted by atomic mass is 19.4.